The topological polar surface area (TPSA) is 87.0 Å². The number of amides is 1. The smallest absolute Gasteiger partial charge is 0.291 e. The summed E-state index contributed by atoms with van der Waals surface area (Å²) in [6, 6.07) is 15.7. The van der Waals surface area contributed by atoms with Crippen molar-refractivity contribution in [1.29, 1.82) is 0 Å². The Morgan fingerprint density at radius 1 is 1.04 bits per heavy atom. The van der Waals surface area contributed by atoms with E-state index in [0.29, 0.717) is 34.3 Å². The largest absolute Gasteiger partial charge is 0.486 e. The van der Waals surface area contributed by atoms with Crippen molar-refractivity contribution in [3.8, 4) is 17.2 Å². The number of rotatable bonds is 6. The molecule has 28 heavy (non-hydrogen) atoms. The van der Waals surface area contributed by atoms with Crippen LogP contribution in [0.1, 0.15) is 33.6 Å². The molecule has 1 N–H and O–H groups in total. The van der Waals surface area contributed by atoms with Crippen LogP contribution in [-0.2, 0) is 6.61 Å². The van der Waals surface area contributed by atoms with Crippen molar-refractivity contribution in [3.05, 3.63) is 71.7 Å². The molecule has 0 radical (unpaired) electrons. The fourth-order valence-corrected chi connectivity index (χ4v) is 2.77. The number of benzene rings is 2. The van der Waals surface area contributed by atoms with Crippen LogP contribution in [0.2, 0.25) is 0 Å². The number of para-hydroxylation sites is 1. The number of carbonyl (C=O) groups is 2. The van der Waals surface area contributed by atoms with E-state index in [1.165, 1.54) is 6.92 Å². The summed E-state index contributed by atoms with van der Waals surface area (Å²) >= 11 is 0. The average Bonchev–Trinajstić information content (AvgIpc) is 3.35. The van der Waals surface area contributed by atoms with Crippen LogP contribution >= 0.6 is 0 Å². The maximum Gasteiger partial charge on any atom is 0.291 e. The van der Waals surface area contributed by atoms with Gasteiger partial charge in [-0.05, 0) is 37.3 Å². The number of Topliss-reactive ketones (excluding diaryl/α,β-unsaturated/α-hetero) is 1. The molecule has 0 bridgehead atoms. The predicted molar refractivity (Wildman–Crippen MR) is 100 cm³/mol. The molecule has 1 aliphatic rings. The van der Waals surface area contributed by atoms with E-state index in [-0.39, 0.29) is 24.9 Å². The highest BCUT2D eigenvalue weighted by atomic mass is 16.7. The first-order chi connectivity index (χ1) is 13.6. The summed E-state index contributed by atoms with van der Waals surface area (Å²) in [6.07, 6.45) is 0. The number of furan rings is 1. The van der Waals surface area contributed by atoms with Crippen LogP contribution in [0.25, 0.3) is 0 Å². The highest BCUT2D eigenvalue weighted by molar-refractivity contribution is 6.08. The van der Waals surface area contributed by atoms with Crippen LogP contribution in [0.15, 0.2) is 59.0 Å². The van der Waals surface area contributed by atoms with Crippen LogP contribution in [-0.4, -0.2) is 18.5 Å². The number of nitrogens with one attached hydrogen (secondary N) is 1. The highest BCUT2D eigenvalue weighted by Crippen LogP contribution is 2.37. The lowest BCUT2D eigenvalue weighted by Gasteiger charge is -2.09. The number of ether oxygens (including phenoxy) is 3. The van der Waals surface area contributed by atoms with E-state index in [9.17, 15) is 9.59 Å². The van der Waals surface area contributed by atoms with Crippen molar-refractivity contribution in [1.82, 2.24) is 0 Å². The molecule has 0 atom stereocenters. The Bertz CT molecular complexity index is 1020. The van der Waals surface area contributed by atoms with Crippen molar-refractivity contribution >= 4 is 17.4 Å². The fourth-order valence-electron chi connectivity index (χ4n) is 2.77. The molecular formula is C21H17NO6. The summed E-state index contributed by atoms with van der Waals surface area (Å²) in [7, 11) is 0. The summed E-state index contributed by atoms with van der Waals surface area (Å²) in [5, 5.41) is 2.70. The van der Waals surface area contributed by atoms with Crippen molar-refractivity contribution in [3.63, 3.8) is 0 Å². The molecule has 0 saturated carbocycles. The minimum Gasteiger partial charge on any atom is -0.486 e. The zero-order valence-electron chi connectivity index (χ0n) is 15.1. The Kier molecular flexibility index (Phi) is 4.72. The normalized spacial score (nSPS) is 11.9. The SMILES string of the molecule is CC(=O)c1cc2c(cc1NC(=O)c1ccc(COc3ccccc3)o1)OCO2. The molecule has 0 aliphatic carbocycles. The minimum absolute atomic E-state index is 0.0764. The first kappa shape index (κ1) is 17.7. The molecule has 0 unspecified atom stereocenters. The van der Waals surface area contributed by atoms with Gasteiger partial charge in [0.1, 0.15) is 18.1 Å². The van der Waals surface area contributed by atoms with Crippen molar-refractivity contribution < 1.29 is 28.2 Å². The van der Waals surface area contributed by atoms with E-state index in [1.54, 1.807) is 24.3 Å². The van der Waals surface area contributed by atoms with E-state index >= 15 is 0 Å². The Balaban J connectivity index is 1.47. The van der Waals surface area contributed by atoms with Gasteiger partial charge in [0.25, 0.3) is 5.91 Å². The Labute approximate surface area is 160 Å². The molecule has 1 amide bonds. The summed E-state index contributed by atoms with van der Waals surface area (Å²) in [4.78, 5) is 24.5. The first-order valence-corrected chi connectivity index (χ1v) is 8.62. The monoisotopic (exact) mass is 379 g/mol. The van der Waals surface area contributed by atoms with Gasteiger partial charge in [-0.15, -0.1) is 0 Å². The molecule has 2 heterocycles. The van der Waals surface area contributed by atoms with Gasteiger partial charge in [0.15, 0.2) is 23.0 Å². The number of ketones is 1. The van der Waals surface area contributed by atoms with Gasteiger partial charge in [-0.25, -0.2) is 0 Å². The second-order valence-corrected chi connectivity index (χ2v) is 6.13. The maximum absolute atomic E-state index is 12.5. The Morgan fingerprint density at radius 2 is 1.79 bits per heavy atom. The minimum atomic E-state index is -0.479. The summed E-state index contributed by atoms with van der Waals surface area (Å²) in [5.41, 5.74) is 0.664. The number of hydrogen-bond acceptors (Lipinski definition) is 6. The van der Waals surface area contributed by atoms with Crippen molar-refractivity contribution in [2.45, 2.75) is 13.5 Å². The number of anilines is 1. The van der Waals surface area contributed by atoms with E-state index < -0.39 is 5.91 Å². The van der Waals surface area contributed by atoms with Gasteiger partial charge in [-0.1, -0.05) is 18.2 Å². The summed E-state index contributed by atoms with van der Waals surface area (Å²) in [5.74, 6) is 1.58. The van der Waals surface area contributed by atoms with E-state index in [0.717, 1.165) is 0 Å². The van der Waals surface area contributed by atoms with Crippen LogP contribution in [0, 0.1) is 0 Å². The lowest BCUT2D eigenvalue weighted by atomic mass is 10.1. The van der Waals surface area contributed by atoms with E-state index in [1.807, 2.05) is 30.3 Å². The molecular weight excluding hydrogens is 362 g/mol. The van der Waals surface area contributed by atoms with Crippen LogP contribution in [0.5, 0.6) is 17.2 Å². The Hall–Kier alpha value is -3.74. The molecule has 0 saturated heterocycles. The molecule has 7 nitrogen and oxygen atoms in total. The maximum atomic E-state index is 12.5. The second-order valence-electron chi connectivity index (χ2n) is 6.13. The lowest BCUT2D eigenvalue weighted by Crippen LogP contribution is -2.13. The zero-order valence-corrected chi connectivity index (χ0v) is 15.1. The van der Waals surface area contributed by atoms with Gasteiger partial charge in [-0.2, -0.15) is 0 Å². The van der Waals surface area contributed by atoms with Gasteiger partial charge in [0.05, 0.1) is 5.69 Å². The van der Waals surface area contributed by atoms with E-state index in [4.69, 9.17) is 18.6 Å². The molecule has 0 spiro atoms. The van der Waals surface area contributed by atoms with Crippen LogP contribution < -0.4 is 19.5 Å². The van der Waals surface area contributed by atoms with Crippen molar-refractivity contribution in [2.75, 3.05) is 12.1 Å². The van der Waals surface area contributed by atoms with Crippen LogP contribution in [0.4, 0.5) is 5.69 Å². The average molecular weight is 379 g/mol. The van der Waals surface area contributed by atoms with Crippen LogP contribution in [0.3, 0.4) is 0 Å². The van der Waals surface area contributed by atoms with Crippen molar-refractivity contribution in [2.24, 2.45) is 0 Å². The zero-order chi connectivity index (χ0) is 19.5. The Morgan fingerprint density at radius 3 is 2.54 bits per heavy atom. The van der Waals surface area contributed by atoms with Gasteiger partial charge >= 0.3 is 0 Å². The highest BCUT2D eigenvalue weighted by Gasteiger charge is 2.21. The lowest BCUT2D eigenvalue weighted by molar-refractivity contribution is 0.0992. The first-order valence-electron chi connectivity index (χ1n) is 8.62. The van der Waals surface area contributed by atoms with Gasteiger partial charge in [-0.3, -0.25) is 9.59 Å². The molecule has 1 aromatic heterocycles. The standard InChI is InChI=1S/C21H17NO6/c1-13(23)16-9-19-20(27-12-26-19)10-17(16)22-21(24)18-8-7-15(28-18)11-25-14-5-3-2-4-6-14/h2-10H,11-12H2,1H3,(H,22,24). The number of hydrogen-bond donors (Lipinski definition) is 1. The third-order valence-corrected chi connectivity index (χ3v) is 4.15. The predicted octanol–water partition coefficient (Wildman–Crippen LogP) is 4.04. The van der Waals surface area contributed by atoms with Gasteiger partial charge < -0.3 is 23.9 Å². The van der Waals surface area contributed by atoms with Gasteiger partial charge in [0, 0.05) is 11.6 Å². The third kappa shape index (κ3) is 3.68. The third-order valence-electron chi connectivity index (χ3n) is 4.15. The number of fused-ring (bicyclic) bond motifs is 1. The molecule has 0 fully saturated rings. The number of carbonyl (C=O) groups excluding carboxylic acids is 2. The second kappa shape index (κ2) is 7.48. The summed E-state index contributed by atoms with van der Waals surface area (Å²) in [6.45, 7) is 1.69. The molecule has 1 aliphatic heterocycles. The molecule has 142 valence electrons. The fraction of sp³-hybridized carbons (Fsp3) is 0.143. The molecule has 4 rings (SSSR count). The molecule has 3 aromatic rings. The quantitative estimate of drug-likeness (QED) is 0.651. The summed E-state index contributed by atoms with van der Waals surface area (Å²) < 4.78 is 21.8. The molecule has 2 aromatic carbocycles. The molecule has 7 heteroatoms. The van der Waals surface area contributed by atoms with Gasteiger partial charge in [0.2, 0.25) is 6.79 Å². The van der Waals surface area contributed by atoms with E-state index in [2.05, 4.69) is 5.32 Å².